The third-order valence-electron chi connectivity index (χ3n) is 9.40. The lowest BCUT2D eigenvalue weighted by Crippen LogP contribution is -2.40. The van der Waals surface area contributed by atoms with Gasteiger partial charge in [0.25, 0.3) is 0 Å². The molecule has 5 atom stereocenters. The van der Waals surface area contributed by atoms with Gasteiger partial charge in [-0.1, -0.05) is 78.4 Å². The van der Waals surface area contributed by atoms with Gasteiger partial charge in [-0.05, 0) is 74.8 Å². The highest BCUT2D eigenvalue weighted by Crippen LogP contribution is 2.36. The molecule has 5 rings (SSSR count). The molecule has 0 radical (unpaired) electrons. The number of allylic oxidation sites excluding steroid dienone is 2. The minimum absolute atomic E-state index is 0.0461. The number of phenolic OH excluding ortho intramolecular Hbond substituents is 1. The van der Waals surface area contributed by atoms with Crippen molar-refractivity contribution in [3.05, 3.63) is 114 Å². The number of aromatic hydroxyl groups is 1. The number of hydrogen-bond acceptors (Lipinski definition) is 7. The second-order valence-electron chi connectivity index (χ2n) is 13.0. The quantitative estimate of drug-likeness (QED) is 0.117. The monoisotopic (exact) mass is 651 g/mol. The smallest absolute Gasteiger partial charge is 0.228 e. The number of carbonyl (C=O) groups is 1. The topological polar surface area (TPSA) is 117 Å². The molecule has 4 N–H and O–H groups in total. The van der Waals surface area contributed by atoms with Crippen LogP contribution in [-0.4, -0.2) is 75.0 Å². The number of aliphatic imine (C=N–C) groups is 1. The molecule has 0 aromatic heterocycles. The number of phenols is 1. The summed E-state index contributed by atoms with van der Waals surface area (Å²) in [6.07, 6.45) is 10.0. The lowest BCUT2D eigenvalue weighted by atomic mass is 9.89. The summed E-state index contributed by atoms with van der Waals surface area (Å²) in [6.45, 7) is 3.58. The summed E-state index contributed by atoms with van der Waals surface area (Å²) in [5.74, 6) is 0.604. The first-order valence-electron chi connectivity index (χ1n) is 17.2. The Labute approximate surface area is 284 Å². The number of aryl methyl sites for hydroxylation is 2. The Kier molecular flexibility index (Phi) is 12.6. The van der Waals surface area contributed by atoms with Crippen molar-refractivity contribution >= 4 is 23.1 Å². The van der Waals surface area contributed by atoms with Gasteiger partial charge in [0.1, 0.15) is 11.6 Å². The number of unbranched alkanes of at least 4 members (excludes halogenated alkanes) is 1. The van der Waals surface area contributed by atoms with Crippen molar-refractivity contribution in [3.8, 4) is 5.75 Å². The highest BCUT2D eigenvalue weighted by atomic mass is 16.3. The lowest BCUT2D eigenvalue weighted by molar-refractivity contribution is -0.127. The van der Waals surface area contributed by atoms with Gasteiger partial charge < -0.3 is 25.3 Å². The predicted octanol–water partition coefficient (Wildman–Crippen LogP) is 6.10. The maximum Gasteiger partial charge on any atom is 0.228 e. The zero-order chi connectivity index (χ0) is 33.9. The summed E-state index contributed by atoms with van der Waals surface area (Å²) in [5.41, 5.74) is 4.10. The summed E-state index contributed by atoms with van der Waals surface area (Å²) in [5, 5.41) is 41.9. The molecule has 3 aromatic carbocycles. The van der Waals surface area contributed by atoms with E-state index in [4.69, 9.17) is 0 Å². The van der Waals surface area contributed by atoms with E-state index in [2.05, 4.69) is 16.0 Å². The van der Waals surface area contributed by atoms with Crippen molar-refractivity contribution in [2.24, 2.45) is 16.8 Å². The lowest BCUT2D eigenvalue weighted by Gasteiger charge is -2.28. The molecule has 0 spiro atoms. The van der Waals surface area contributed by atoms with Crippen molar-refractivity contribution in [2.45, 2.75) is 70.2 Å². The number of nitrogens with zero attached hydrogens (tertiary/aromatic N) is 3. The maximum atomic E-state index is 13.3. The number of hydrogen-bond donors (Lipinski definition) is 4. The fraction of sp³-hybridized carbons (Fsp3) is 0.400. The van der Waals surface area contributed by atoms with Gasteiger partial charge in [0.05, 0.1) is 31.4 Å². The highest BCUT2D eigenvalue weighted by Gasteiger charge is 2.39. The number of anilines is 2. The molecule has 1 saturated carbocycles. The third kappa shape index (κ3) is 9.66. The van der Waals surface area contributed by atoms with Crippen molar-refractivity contribution in [2.75, 3.05) is 24.5 Å². The Morgan fingerprint density at radius 2 is 1.79 bits per heavy atom. The number of aliphatic hydroxyl groups is 3. The number of amidine groups is 1. The number of aliphatic hydroxyl groups excluding tert-OH is 3. The van der Waals surface area contributed by atoms with Crippen LogP contribution < -0.4 is 4.90 Å². The van der Waals surface area contributed by atoms with Crippen LogP contribution in [0.4, 0.5) is 11.4 Å². The molecule has 48 heavy (non-hydrogen) atoms. The van der Waals surface area contributed by atoms with Gasteiger partial charge in [-0.3, -0.25) is 14.7 Å². The molecule has 0 unspecified atom stereocenters. The van der Waals surface area contributed by atoms with E-state index in [0.717, 1.165) is 35.6 Å². The second kappa shape index (κ2) is 17.2. The zero-order valence-electron chi connectivity index (χ0n) is 27.8. The molecule has 8 nitrogen and oxygen atoms in total. The van der Waals surface area contributed by atoms with Crippen LogP contribution in [0.1, 0.15) is 49.7 Å². The molecule has 1 amide bonds. The van der Waals surface area contributed by atoms with Gasteiger partial charge in [0.2, 0.25) is 5.91 Å². The minimum Gasteiger partial charge on any atom is -0.508 e. The van der Waals surface area contributed by atoms with Crippen molar-refractivity contribution in [1.82, 2.24) is 4.90 Å². The van der Waals surface area contributed by atoms with E-state index < -0.39 is 18.3 Å². The van der Waals surface area contributed by atoms with Gasteiger partial charge in [0, 0.05) is 42.7 Å². The van der Waals surface area contributed by atoms with Crippen molar-refractivity contribution in [3.63, 3.8) is 0 Å². The van der Waals surface area contributed by atoms with E-state index in [-0.39, 0.29) is 23.5 Å². The number of benzene rings is 3. The summed E-state index contributed by atoms with van der Waals surface area (Å²) in [6, 6.07) is 25.3. The molecular formula is C40H49N3O5. The van der Waals surface area contributed by atoms with Crippen LogP contribution in [0, 0.1) is 18.8 Å². The van der Waals surface area contributed by atoms with Gasteiger partial charge >= 0.3 is 0 Å². The molecular weight excluding hydrogens is 602 g/mol. The van der Waals surface area contributed by atoms with Crippen LogP contribution in [0.3, 0.4) is 0 Å². The summed E-state index contributed by atoms with van der Waals surface area (Å²) < 4.78 is 0. The number of amides is 1. The zero-order valence-corrected chi connectivity index (χ0v) is 27.8. The van der Waals surface area contributed by atoms with Gasteiger partial charge in [-0.2, -0.15) is 0 Å². The minimum atomic E-state index is -0.639. The first kappa shape index (κ1) is 35.1. The maximum absolute atomic E-state index is 13.3. The first-order valence-corrected chi connectivity index (χ1v) is 17.2. The Bertz CT molecular complexity index is 1550. The SMILES string of the molecule is Cc1ccc(N(CC2=NCCN2C(=O)CCC/C=C\C[C@@H]2[C@@H](/C=C/[C@@H](O)CCc3ccccc3)[C@H](O)C[C@@H]2O)c2cccc(O)c2)cc1. The van der Waals surface area contributed by atoms with E-state index in [1.54, 1.807) is 23.1 Å². The van der Waals surface area contributed by atoms with E-state index in [1.165, 1.54) is 5.56 Å². The third-order valence-corrected chi connectivity index (χ3v) is 9.40. The Morgan fingerprint density at radius 1 is 1.00 bits per heavy atom. The van der Waals surface area contributed by atoms with Crippen LogP contribution >= 0.6 is 0 Å². The van der Waals surface area contributed by atoms with Crippen LogP contribution in [0.15, 0.2) is 108 Å². The molecule has 1 heterocycles. The van der Waals surface area contributed by atoms with Crippen molar-refractivity contribution < 1.29 is 25.2 Å². The molecule has 1 fully saturated rings. The average molecular weight is 652 g/mol. The average Bonchev–Trinajstić information content (AvgIpc) is 3.66. The Balaban J connectivity index is 1.09. The molecule has 2 aliphatic rings. The summed E-state index contributed by atoms with van der Waals surface area (Å²) >= 11 is 0. The van der Waals surface area contributed by atoms with Gasteiger partial charge in [-0.15, -0.1) is 0 Å². The van der Waals surface area contributed by atoms with Crippen LogP contribution in [0.2, 0.25) is 0 Å². The van der Waals surface area contributed by atoms with Gasteiger partial charge in [-0.25, -0.2) is 0 Å². The van der Waals surface area contributed by atoms with E-state index >= 15 is 0 Å². The molecule has 1 aliphatic heterocycles. The fourth-order valence-corrected chi connectivity index (χ4v) is 6.65. The Hall–Kier alpha value is -4.24. The van der Waals surface area contributed by atoms with E-state index in [1.807, 2.05) is 85.8 Å². The first-order chi connectivity index (χ1) is 23.3. The van der Waals surface area contributed by atoms with Crippen LogP contribution in [0.5, 0.6) is 5.75 Å². The second-order valence-corrected chi connectivity index (χ2v) is 13.0. The molecule has 1 aliphatic carbocycles. The standard InChI is InChI=1S/C40H49N3O5/c1-29-16-19-31(20-17-29)43(32-12-9-13-34(45)26-32)28-39-41-24-25-42(39)40(48)15-8-3-2-7-14-35-36(38(47)27-37(35)46)23-22-33(44)21-18-30-10-5-4-6-11-30/h2,4-7,9-13,16-17,19-20,22-23,26,33,35-38,44-47H,3,8,14-15,18,21,24-25,27-28H2,1H3/b7-2-,23-22+/t33-,35+,36+,37-,38+/m0/s1. The molecule has 0 saturated heterocycles. The number of carbonyl (C=O) groups excluding carboxylic acids is 1. The van der Waals surface area contributed by atoms with Gasteiger partial charge in [0.15, 0.2) is 0 Å². The van der Waals surface area contributed by atoms with Crippen LogP contribution in [-0.2, 0) is 11.2 Å². The molecule has 254 valence electrons. The van der Waals surface area contributed by atoms with E-state index in [0.29, 0.717) is 51.7 Å². The summed E-state index contributed by atoms with van der Waals surface area (Å²) in [4.78, 5) is 21.8. The molecule has 3 aromatic rings. The number of rotatable bonds is 15. The Morgan fingerprint density at radius 3 is 2.56 bits per heavy atom. The molecule has 8 heteroatoms. The largest absolute Gasteiger partial charge is 0.508 e. The fourth-order valence-electron chi connectivity index (χ4n) is 6.65. The van der Waals surface area contributed by atoms with Crippen LogP contribution in [0.25, 0.3) is 0 Å². The normalized spacial score (nSPS) is 21.7. The highest BCUT2D eigenvalue weighted by molar-refractivity contribution is 6.02. The van der Waals surface area contributed by atoms with E-state index in [9.17, 15) is 25.2 Å². The predicted molar refractivity (Wildman–Crippen MR) is 191 cm³/mol. The summed E-state index contributed by atoms with van der Waals surface area (Å²) in [7, 11) is 0. The van der Waals surface area contributed by atoms with Crippen molar-refractivity contribution in [1.29, 1.82) is 0 Å². The molecule has 0 bridgehead atoms.